The van der Waals surface area contributed by atoms with Gasteiger partial charge in [-0.25, -0.2) is 9.97 Å². The quantitative estimate of drug-likeness (QED) is 0.819. The first-order chi connectivity index (χ1) is 12.6. The van der Waals surface area contributed by atoms with Crippen LogP contribution >= 0.6 is 0 Å². The van der Waals surface area contributed by atoms with E-state index in [2.05, 4.69) is 60.9 Å². The second-order valence-corrected chi connectivity index (χ2v) is 8.05. The van der Waals surface area contributed by atoms with Crippen molar-refractivity contribution >= 4 is 24.2 Å². The normalized spacial score (nSPS) is 19.0. The summed E-state index contributed by atoms with van der Waals surface area (Å²) in [5, 5.41) is 3.04. The lowest BCUT2D eigenvalue weighted by atomic mass is 9.80. The van der Waals surface area contributed by atoms with E-state index in [4.69, 9.17) is 9.31 Å². The molecular weight excluding hydrogens is 339 g/mol. The number of hydrogen-bond acceptors (Lipinski definition) is 6. The van der Waals surface area contributed by atoms with Gasteiger partial charge in [-0.2, -0.15) is 0 Å². The van der Waals surface area contributed by atoms with Crippen LogP contribution in [0.5, 0.6) is 0 Å². The molecule has 0 saturated carbocycles. The van der Waals surface area contributed by atoms with Crippen molar-refractivity contribution in [2.75, 3.05) is 24.3 Å². The minimum atomic E-state index is -0.391. The zero-order valence-electron chi connectivity index (χ0n) is 17.3. The van der Waals surface area contributed by atoms with E-state index in [1.807, 2.05) is 44.7 Å². The average Bonchev–Trinajstić information content (AvgIpc) is 2.88. The topological polar surface area (TPSA) is 59.5 Å². The van der Waals surface area contributed by atoms with Gasteiger partial charge >= 0.3 is 7.12 Å². The summed E-state index contributed by atoms with van der Waals surface area (Å²) in [6, 6.07) is 8.24. The van der Waals surface area contributed by atoms with E-state index in [9.17, 15) is 0 Å². The van der Waals surface area contributed by atoms with Crippen LogP contribution in [0.15, 0.2) is 36.7 Å². The number of pyridine rings is 2. The van der Waals surface area contributed by atoms with Crippen LogP contribution in [0.1, 0.15) is 46.2 Å². The van der Waals surface area contributed by atoms with Crippen LogP contribution in [0.25, 0.3) is 0 Å². The van der Waals surface area contributed by atoms with Gasteiger partial charge in [0.1, 0.15) is 11.6 Å². The predicted octanol–water partition coefficient (Wildman–Crippen LogP) is 3.01. The van der Waals surface area contributed by atoms with Crippen molar-refractivity contribution < 1.29 is 9.31 Å². The molecule has 2 aromatic rings. The summed E-state index contributed by atoms with van der Waals surface area (Å²) in [5.74, 6) is 1.75. The molecule has 1 atom stereocenters. The Hall–Kier alpha value is -2.12. The number of hydrogen-bond donors (Lipinski definition) is 1. The minimum Gasteiger partial charge on any atom is -0.399 e. The van der Waals surface area contributed by atoms with Crippen LogP contribution in [0.2, 0.25) is 0 Å². The average molecular weight is 368 g/mol. The molecule has 144 valence electrons. The zero-order chi connectivity index (χ0) is 19.8. The third-order valence-corrected chi connectivity index (χ3v) is 5.76. The molecule has 0 aromatic carbocycles. The lowest BCUT2D eigenvalue weighted by Crippen LogP contribution is -2.41. The highest BCUT2D eigenvalue weighted by Crippen LogP contribution is 2.36. The van der Waals surface area contributed by atoms with Gasteiger partial charge in [0.15, 0.2) is 0 Å². The second kappa shape index (κ2) is 7.13. The SMILES string of the molecule is CNc1ccc([C@H](C)N(C)c2ccc(B3OC(C)(C)C(C)(C)O3)cn2)cn1. The predicted molar refractivity (Wildman–Crippen MR) is 111 cm³/mol. The molecule has 1 N–H and O–H groups in total. The number of aromatic nitrogens is 2. The minimum absolute atomic E-state index is 0.151. The first-order valence-corrected chi connectivity index (χ1v) is 9.33. The maximum atomic E-state index is 6.10. The monoisotopic (exact) mass is 368 g/mol. The Bertz CT molecular complexity index is 762. The van der Waals surface area contributed by atoms with Crippen molar-refractivity contribution in [3.8, 4) is 0 Å². The highest BCUT2D eigenvalue weighted by molar-refractivity contribution is 6.62. The molecule has 6 nitrogen and oxygen atoms in total. The van der Waals surface area contributed by atoms with Crippen molar-refractivity contribution in [3.05, 3.63) is 42.2 Å². The van der Waals surface area contributed by atoms with Gasteiger partial charge in [0.2, 0.25) is 0 Å². The second-order valence-electron chi connectivity index (χ2n) is 8.05. The fourth-order valence-corrected chi connectivity index (χ4v) is 2.95. The van der Waals surface area contributed by atoms with Crippen LogP contribution in [0.4, 0.5) is 11.6 Å². The van der Waals surface area contributed by atoms with Crippen LogP contribution in [-0.2, 0) is 9.31 Å². The summed E-state index contributed by atoms with van der Waals surface area (Å²) in [4.78, 5) is 11.2. The summed E-state index contributed by atoms with van der Waals surface area (Å²) in [6.45, 7) is 10.4. The van der Waals surface area contributed by atoms with Crippen molar-refractivity contribution in [3.63, 3.8) is 0 Å². The standard InChI is InChI=1S/C20H29BN4O2/c1-14(15-8-10-17(22-6)23-12-15)25(7)18-11-9-16(13-24-18)21-26-19(2,3)20(4,5)27-21/h8-14H,1-7H3,(H,22,23)/t14-/m0/s1. The van der Waals surface area contributed by atoms with Gasteiger partial charge in [0, 0.05) is 32.0 Å². The van der Waals surface area contributed by atoms with E-state index in [1.54, 1.807) is 0 Å². The maximum Gasteiger partial charge on any atom is 0.496 e. The molecule has 3 heterocycles. The number of anilines is 2. The molecule has 0 unspecified atom stereocenters. The van der Waals surface area contributed by atoms with Gasteiger partial charge in [-0.05, 0) is 52.3 Å². The summed E-state index contributed by atoms with van der Waals surface area (Å²) >= 11 is 0. The third-order valence-electron chi connectivity index (χ3n) is 5.76. The van der Waals surface area contributed by atoms with E-state index in [0.29, 0.717) is 0 Å². The van der Waals surface area contributed by atoms with E-state index in [1.165, 1.54) is 0 Å². The smallest absolute Gasteiger partial charge is 0.399 e. The van der Waals surface area contributed by atoms with Crippen molar-refractivity contribution in [1.82, 2.24) is 9.97 Å². The van der Waals surface area contributed by atoms with Gasteiger partial charge < -0.3 is 19.5 Å². The van der Waals surface area contributed by atoms with Gasteiger partial charge in [-0.1, -0.05) is 12.1 Å². The summed E-state index contributed by atoms with van der Waals surface area (Å²) in [5.41, 5.74) is 1.36. The van der Waals surface area contributed by atoms with E-state index in [-0.39, 0.29) is 17.2 Å². The first kappa shape index (κ1) is 19.6. The Balaban J connectivity index is 1.73. The molecular formula is C20H29BN4O2. The fourth-order valence-electron chi connectivity index (χ4n) is 2.95. The lowest BCUT2D eigenvalue weighted by molar-refractivity contribution is 0.00578. The largest absolute Gasteiger partial charge is 0.496 e. The lowest BCUT2D eigenvalue weighted by Gasteiger charge is -2.32. The molecule has 2 aromatic heterocycles. The molecule has 27 heavy (non-hydrogen) atoms. The Morgan fingerprint density at radius 1 is 1.00 bits per heavy atom. The molecule has 0 aliphatic carbocycles. The Labute approximate surface area is 162 Å². The molecule has 1 fully saturated rings. The van der Waals surface area contributed by atoms with Crippen molar-refractivity contribution in [1.29, 1.82) is 0 Å². The van der Waals surface area contributed by atoms with Crippen molar-refractivity contribution in [2.24, 2.45) is 0 Å². The first-order valence-electron chi connectivity index (χ1n) is 9.33. The van der Waals surface area contributed by atoms with Crippen LogP contribution in [0.3, 0.4) is 0 Å². The number of nitrogens with one attached hydrogen (secondary N) is 1. The molecule has 7 heteroatoms. The van der Waals surface area contributed by atoms with Crippen LogP contribution in [-0.4, -0.2) is 42.4 Å². The summed E-state index contributed by atoms with van der Waals surface area (Å²) in [6.07, 6.45) is 3.73. The number of nitrogens with zero attached hydrogens (tertiary/aromatic N) is 3. The Kier molecular flexibility index (Phi) is 5.19. The Morgan fingerprint density at radius 2 is 1.67 bits per heavy atom. The highest BCUT2D eigenvalue weighted by Gasteiger charge is 2.51. The van der Waals surface area contributed by atoms with Crippen molar-refractivity contribution in [2.45, 2.75) is 51.9 Å². The highest BCUT2D eigenvalue weighted by atomic mass is 16.7. The molecule has 0 radical (unpaired) electrons. The fraction of sp³-hybridized carbons (Fsp3) is 0.500. The van der Waals surface area contributed by atoms with Gasteiger partial charge in [-0.15, -0.1) is 0 Å². The number of rotatable bonds is 5. The summed E-state index contributed by atoms with van der Waals surface area (Å²) < 4.78 is 12.2. The van der Waals surface area contributed by atoms with Gasteiger partial charge in [0.05, 0.1) is 17.2 Å². The third kappa shape index (κ3) is 3.80. The molecule has 3 rings (SSSR count). The van der Waals surface area contributed by atoms with E-state index < -0.39 is 7.12 Å². The maximum absolute atomic E-state index is 6.10. The molecule has 1 aliphatic rings. The van der Waals surface area contributed by atoms with E-state index in [0.717, 1.165) is 22.7 Å². The van der Waals surface area contributed by atoms with Gasteiger partial charge in [-0.3, -0.25) is 0 Å². The zero-order valence-corrected chi connectivity index (χ0v) is 17.3. The summed E-state index contributed by atoms with van der Waals surface area (Å²) in [7, 11) is 3.51. The van der Waals surface area contributed by atoms with Crippen LogP contribution in [0, 0.1) is 0 Å². The Morgan fingerprint density at radius 3 is 2.15 bits per heavy atom. The molecule has 0 amide bonds. The van der Waals surface area contributed by atoms with Crippen LogP contribution < -0.4 is 15.7 Å². The molecule has 0 spiro atoms. The molecule has 1 saturated heterocycles. The van der Waals surface area contributed by atoms with E-state index >= 15 is 0 Å². The van der Waals surface area contributed by atoms with Gasteiger partial charge in [0.25, 0.3) is 0 Å². The molecule has 1 aliphatic heterocycles. The molecule has 0 bridgehead atoms.